The van der Waals surface area contributed by atoms with Crippen molar-refractivity contribution in [3.63, 3.8) is 0 Å². The Morgan fingerprint density at radius 1 is 1.47 bits per heavy atom. The first-order valence-electron chi connectivity index (χ1n) is 6.31. The van der Waals surface area contributed by atoms with Crippen LogP contribution in [0.1, 0.15) is 48.3 Å². The van der Waals surface area contributed by atoms with Crippen LogP contribution in [0.3, 0.4) is 0 Å². The molecule has 1 N–H and O–H groups in total. The van der Waals surface area contributed by atoms with Crippen LogP contribution in [-0.2, 0) is 16.4 Å². The van der Waals surface area contributed by atoms with Crippen LogP contribution in [0, 0.1) is 0 Å². The molecule has 1 aliphatic rings. The largest absolute Gasteiger partial charge is 0.476 e. The second-order valence-corrected chi connectivity index (χ2v) is 7.19. The summed E-state index contributed by atoms with van der Waals surface area (Å²) in [5.74, 6) is -0.644. The standard InChI is InChI=1S/C11H17N3O4S/c1-2-19(17,18)7-3-6-14-10(8-4-5-8)9(11(15)16)12-13-14/h8H,2-7H2,1H3,(H,15,16). The van der Waals surface area contributed by atoms with Crippen molar-refractivity contribution in [2.75, 3.05) is 11.5 Å². The molecule has 1 fully saturated rings. The summed E-state index contributed by atoms with van der Waals surface area (Å²) in [7, 11) is -2.99. The molecule has 0 radical (unpaired) electrons. The van der Waals surface area contributed by atoms with Gasteiger partial charge in [0.05, 0.1) is 11.4 Å². The highest BCUT2D eigenvalue weighted by Crippen LogP contribution is 2.41. The monoisotopic (exact) mass is 287 g/mol. The topological polar surface area (TPSA) is 102 Å². The summed E-state index contributed by atoms with van der Waals surface area (Å²) in [6, 6.07) is 0. The van der Waals surface area contributed by atoms with Crippen LogP contribution in [0.25, 0.3) is 0 Å². The minimum atomic E-state index is -2.99. The Morgan fingerprint density at radius 3 is 2.68 bits per heavy atom. The van der Waals surface area contributed by atoms with Crippen LogP contribution in [-0.4, -0.2) is 46.0 Å². The number of carboxylic acid groups (broad SMARTS) is 1. The van der Waals surface area contributed by atoms with E-state index in [1.165, 1.54) is 0 Å². The first-order chi connectivity index (χ1) is 8.94. The van der Waals surface area contributed by atoms with E-state index in [0.29, 0.717) is 18.7 Å². The molecule has 106 valence electrons. The van der Waals surface area contributed by atoms with Gasteiger partial charge in [-0.05, 0) is 19.3 Å². The maximum Gasteiger partial charge on any atom is 0.358 e. The summed E-state index contributed by atoms with van der Waals surface area (Å²) in [6.45, 7) is 2.01. The van der Waals surface area contributed by atoms with Crippen LogP contribution in [0.15, 0.2) is 0 Å². The number of hydrogen-bond donors (Lipinski definition) is 1. The van der Waals surface area contributed by atoms with E-state index in [0.717, 1.165) is 12.8 Å². The van der Waals surface area contributed by atoms with E-state index in [-0.39, 0.29) is 23.1 Å². The van der Waals surface area contributed by atoms with Gasteiger partial charge in [0.2, 0.25) is 0 Å². The lowest BCUT2D eigenvalue weighted by Crippen LogP contribution is -2.13. The first-order valence-corrected chi connectivity index (χ1v) is 8.14. The fraction of sp³-hybridized carbons (Fsp3) is 0.727. The van der Waals surface area contributed by atoms with Crippen LogP contribution in [0.2, 0.25) is 0 Å². The molecule has 0 spiro atoms. The maximum atomic E-state index is 11.4. The van der Waals surface area contributed by atoms with Gasteiger partial charge in [-0.2, -0.15) is 0 Å². The third kappa shape index (κ3) is 3.31. The molecular formula is C11H17N3O4S. The number of aromatic nitrogens is 3. The molecule has 0 saturated heterocycles. The summed E-state index contributed by atoms with van der Waals surface area (Å²) < 4.78 is 24.3. The van der Waals surface area contributed by atoms with Gasteiger partial charge in [-0.25, -0.2) is 17.9 Å². The van der Waals surface area contributed by atoms with E-state index >= 15 is 0 Å². The van der Waals surface area contributed by atoms with Crippen LogP contribution in [0.5, 0.6) is 0 Å². The van der Waals surface area contributed by atoms with Crippen molar-refractivity contribution in [1.82, 2.24) is 15.0 Å². The van der Waals surface area contributed by atoms with Crippen LogP contribution in [0.4, 0.5) is 0 Å². The van der Waals surface area contributed by atoms with Gasteiger partial charge >= 0.3 is 5.97 Å². The SMILES string of the molecule is CCS(=O)(=O)CCCn1nnc(C(=O)O)c1C1CC1. The molecule has 1 aliphatic carbocycles. The molecule has 0 bridgehead atoms. The summed E-state index contributed by atoms with van der Waals surface area (Å²) >= 11 is 0. The zero-order chi connectivity index (χ0) is 14.0. The lowest BCUT2D eigenvalue weighted by molar-refractivity contribution is 0.0689. The summed E-state index contributed by atoms with van der Waals surface area (Å²) in [5, 5.41) is 16.5. The second kappa shape index (κ2) is 5.28. The molecule has 0 unspecified atom stereocenters. The highest BCUT2D eigenvalue weighted by atomic mass is 32.2. The van der Waals surface area contributed by atoms with E-state index in [2.05, 4.69) is 10.3 Å². The van der Waals surface area contributed by atoms with Crippen molar-refractivity contribution in [2.24, 2.45) is 0 Å². The molecule has 7 nitrogen and oxygen atoms in total. The van der Waals surface area contributed by atoms with Gasteiger partial charge in [0.1, 0.15) is 9.84 Å². The van der Waals surface area contributed by atoms with Gasteiger partial charge in [-0.1, -0.05) is 12.1 Å². The van der Waals surface area contributed by atoms with E-state index in [4.69, 9.17) is 5.11 Å². The number of aromatic carboxylic acids is 1. The van der Waals surface area contributed by atoms with Crippen molar-refractivity contribution >= 4 is 15.8 Å². The van der Waals surface area contributed by atoms with Gasteiger partial charge < -0.3 is 5.11 Å². The number of aryl methyl sites for hydroxylation is 1. The Labute approximate surface area is 111 Å². The molecule has 8 heteroatoms. The number of carboxylic acids is 1. The summed E-state index contributed by atoms with van der Waals surface area (Å²) in [4.78, 5) is 11.0. The molecule has 0 amide bonds. The van der Waals surface area contributed by atoms with Crippen molar-refractivity contribution in [3.8, 4) is 0 Å². The molecule has 2 rings (SSSR count). The maximum absolute atomic E-state index is 11.4. The Kier molecular flexibility index (Phi) is 3.88. The zero-order valence-electron chi connectivity index (χ0n) is 10.7. The van der Waals surface area contributed by atoms with Crippen molar-refractivity contribution in [1.29, 1.82) is 0 Å². The van der Waals surface area contributed by atoms with Gasteiger partial charge in [-0.3, -0.25) is 0 Å². The lowest BCUT2D eigenvalue weighted by Gasteiger charge is -2.06. The van der Waals surface area contributed by atoms with Gasteiger partial charge in [0.25, 0.3) is 0 Å². The quantitative estimate of drug-likeness (QED) is 0.791. The Hall–Kier alpha value is -1.44. The molecule has 0 atom stereocenters. The Morgan fingerprint density at radius 2 is 2.16 bits per heavy atom. The Bertz CT molecular complexity index is 575. The molecule has 1 aromatic heterocycles. The number of rotatable bonds is 7. The van der Waals surface area contributed by atoms with Crippen molar-refractivity contribution < 1.29 is 18.3 Å². The number of sulfone groups is 1. The highest BCUT2D eigenvalue weighted by molar-refractivity contribution is 7.91. The fourth-order valence-corrected chi connectivity index (χ4v) is 2.83. The third-order valence-corrected chi connectivity index (χ3v) is 5.00. The molecule has 0 aromatic carbocycles. The second-order valence-electron chi connectivity index (χ2n) is 4.72. The van der Waals surface area contributed by atoms with Gasteiger partial charge in [0.15, 0.2) is 5.69 Å². The van der Waals surface area contributed by atoms with Crippen LogP contribution >= 0.6 is 0 Å². The molecule has 1 aromatic rings. The average molecular weight is 287 g/mol. The number of nitrogens with zero attached hydrogens (tertiary/aromatic N) is 3. The summed E-state index contributed by atoms with van der Waals surface area (Å²) in [5.41, 5.74) is 0.641. The van der Waals surface area contributed by atoms with Crippen molar-refractivity contribution in [3.05, 3.63) is 11.4 Å². The van der Waals surface area contributed by atoms with E-state index in [1.807, 2.05) is 0 Å². The molecule has 1 heterocycles. The lowest BCUT2D eigenvalue weighted by atomic mass is 10.2. The number of carbonyl (C=O) groups is 1. The minimum Gasteiger partial charge on any atom is -0.476 e. The normalized spacial score (nSPS) is 15.6. The molecule has 19 heavy (non-hydrogen) atoms. The van der Waals surface area contributed by atoms with E-state index in [9.17, 15) is 13.2 Å². The Balaban J connectivity index is 2.07. The third-order valence-electron chi connectivity index (χ3n) is 3.21. The average Bonchev–Trinajstić information content (AvgIpc) is 3.10. The first kappa shape index (κ1) is 14.0. The van der Waals surface area contributed by atoms with E-state index in [1.54, 1.807) is 11.6 Å². The fourth-order valence-electron chi connectivity index (χ4n) is 1.98. The highest BCUT2D eigenvalue weighted by Gasteiger charge is 2.33. The van der Waals surface area contributed by atoms with Crippen LogP contribution < -0.4 is 0 Å². The molecule has 1 saturated carbocycles. The number of hydrogen-bond acceptors (Lipinski definition) is 5. The van der Waals surface area contributed by atoms with Gasteiger partial charge in [-0.15, -0.1) is 5.10 Å². The summed E-state index contributed by atoms with van der Waals surface area (Å²) in [6.07, 6.45) is 2.32. The van der Waals surface area contributed by atoms with E-state index < -0.39 is 15.8 Å². The predicted molar refractivity (Wildman–Crippen MR) is 67.9 cm³/mol. The molecule has 0 aliphatic heterocycles. The smallest absolute Gasteiger partial charge is 0.358 e. The molecular weight excluding hydrogens is 270 g/mol. The minimum absolute atomic E-state index is 0.000786. The zero-order valence-corrected chi connectivity index (χ0v) is 11.6. The van der Waals surface area contributed by atoms with Gasteiger partial charge in [0, 0.05) is 18.2 Å². The van der Waals surface area contributed by atoms with Crippen molar-refractivity contribution in [2.45, 2.75) is 38.6 Å². The predicted octanol–water partition coefficient (Wildman–Crippen LogP) is 0.679.